The van der Waals surface area contributed by atoms with Gasteiger partial charge in [-0.05, 0) is 36.1 Å². The van der Waals surface area contributed by atoms with E-state index in [1.807, 2.05) is 30.3 Å². The summed E-state index contributed by atoms with van der Waals surface area (Å²) in [7, 11) is -5.58. The molecule has 1 aliphatic rings. The molecule has 1 N–H and O–H groups in total. The van der Waals surface area contributed by atoms with Crippen LogP contribution in [0, 0.1) is 5.82 Å². The number of anilines is 1. The number of rotatable bonds is 6. The smallest absolute Gasteiger partial charge is 0.361 e. The summed E-state index contributed by atoms with van der Waals surface area (Å²) in [6.07, 6.45) is 3.91. The van der Waals surface area contributed by atoms with Crippen LogP contribution in [0.3, 0.4) is 0 Å². The van der Waals surface area contributed by atoms with Crippen molar-refractivity contribution in [3.8, 4) is 0 Å². The molecule has 176 valence electrons. The fourth-order valence-corrected chi connectivity index (χ4v) is 5.02. The Balaban J connectivity index is 1.76. The first-order valence-electron chi connectivity index (χ1n) is 10.3. The number of hydrogen-bond acceptors (Lipinski definition) is 4. The van der Waals surface area contributed by atoms with E-state index < -0.39 is 33.9 Å². The molecule has 2 heterocycles. The summed E-state index contributed by atoms with van der Waals surface area (Å²) in [5.41, 5.74) is -3.14. The summed E-state index contributed by atoms with van der Waals surface area (Å²) in [4.78, 5) is 8.69. The van der Waals surface area contributed by atoms with Gasteiger partial charge in [0.1, 0.15) is 5.82 Å². The van der Waals surface area contributed by atoms with E-state index in [4.69, 9.17) is 0 Å². The minimum absolute atomic E-state index is 0.204. The topological polar surface area (TPSA) is 69.3 Å². The van der Waals surface area contributed by atoms with Gasteiger partial charge in [-0.15, -0.1) is 0 Å². The Labute approximate surface area is 188 Å². The number of alkyl halides is 3. The summed E-state index contributed by atoms with van der Waals surface area (Å²) in [5, 5.41) is 0. The summed E-state index contributed by atoms with van der Waals surface area (Å²) in [6.45, 7) is -0.687. The monoisotopic (exact) mass is 482 g/mol. The maximum Gasteiger partial charge on any atom is 0.511 e. The number of benzene rings is 2. The van der Waals surface area contributed by atoms with Gasteiger partial charge in [-0.2, -0.15) is 17.5 Å². The second-order valence-corrected chi connectivity index (χ2v) is 9.83. The molecule has 1 atom stereocenters. The predicted molar refractivity (Wildman–Crippen MR) is 115 cm³/mol. The lowest BCUT2D eigenvalue weighted by atomic mass is 10.0. The molecule has 0 unspecified atom stereocenters. The maximum atomic E-state index is 14.2. The van der Waals surface area contributed by atoms with Crippen LogP contribution >= 0.6 is 0 Å². The highest BCUT2D eigenvalue weighted by Gasteiger charge is 2.51. The van der Waals surface area contributed by atoms with Gasteiger partial charge in [-0.25, -0.2) is 17.8 Å². The second-order valence-electron chi connectivity index (χ2n) is 7.90. The van der Waals surface area contributed by atoms with Crippen molar-refractivity contribution in [1.82, 2.24) is 14.3 Å². The van der Waals surface area contributed by atoms with Crippen LogP contribution in [0.25, 0.3) is 0 Å². The summed E-state index contributed by atoms with van der Waals surface area (Å²) in [6, 6.07) is 12.4. The first kappa shape index (κ1) is 23.2. The highest BCUT2D eigenvalue weighted by molar-refractivity contribution is 7.89. The zero-order valence-electron chi connectivity index (χ0n) is 17.5. The molecule has 11 heteroatoms. The highest BCUT2D eigenvalue weighted by Crippen LogP contribution is 2.36. The number of aryl methyl sites for hydroxylation is 1. The zero-order valence-corrected chi connectivity index (χ0v) is 18.3. The van der Waals surface area contributed by atoms with Crippen LogP contribution in [0.1, 0.15) is 23.2 Å². The van der Waals surface area contributed by atoms with Crippen LogP contribution in [0.15, 0.2) is 61.1 Å². The quantitative estimate of drug-likeness (QED) is 0.534. The van der Waals surface area contributed by atoms with Gasteiger partial charge in [0.15, 0.2) is 0 Å². The number of nitrogens with one attached hydrogen (secondary N) is 1. The zero-order chi connectivity index (χ0) is 23.6. The fourth-order valence-electron chi connectivity index (χ4n) is 4.05. The lowest BCUT2D eigenvalue weighted by molar-refractivity contribution is -0.0492. The van der Waals surface area contributed by atoms with Crippen molar-refractivity contribution >= 4 is 15.7 Å². The van der Waals surface area contributed by atoms with E-state index in [-0.39, 0.29) is 13.1 Å². The van der Waals surface area contributed by atoms with Crippen LogP contribution < -0.4 is 4.90 Å². The number of hydrogen-bond donors (Lipinski definition) is 1. The number of aromatic nitrogens is 2. The van der Waals surface area contributed by atoms with E-state index in [0.29, 0.717) is 34.1 Å². The standard InChI is InChI=1S/C22H22F4N4O2S/c23-18-8-7-17-12-29(33(31,32)22(24,25)26)14-20(9-6-16-4-2-1-3-5-16)30(21(17)10-18)13-19-11-27-15-28-19/h1-5,7-8,10-11,15,20H,6,9,12-14H2,(H,27,28)/t20-/m1/s1. The van der Waals surface area contributed by atoms with Crippen molar-refractivity contribution in [1.29, 1.82) is 0 Å². The molecule has 0 radical (unpaired) electrons. The molecule has 0 spiro atoms. The van der Waals surface area contributed by atoms with Crippen molar-refractivity contribution in [2.24, 2.45) is 0 Å². The third-order valence-corrected chi connectivity index (χ3v) is 7.24. The third kappa shape index (κ3) is 5.03. The Morgan fingerprint density at radius 1 is 1.12 bits per heavy atom. The largest absolute Gasteiger partial charge is 0.511 e. The first-order valence-corrected chi connectivity index (χ1v) is 11.7. The number of H-pyrrole nitrogens is 1. The number of sulfonamides is 1. The van der Waals surface area contributed by atoms with E-state index in [0.717, 1.165) is 11.6 Å². The van der Waals surface area contributed by atoms with Gasteiger partial charge < -0.3 is 9.88 Å². The molecule has 1 aromatic heterocycles. The Hall–Kier alpha value is -2.92. The molecule has 1 aliphatic heterocycles. The number of fused-ring (bicyclic) bond motifs is 1. The van der Waals surface area contributed by atoms with Gasteiger partial charge in [0.05, 0.1) is 18.6 Å². The van der Waals surface area contributed by atoms with Crippen LogP contribution in [-0.4, -0.2) is 40.8 Å². The summed E-state index contributed by atoms with van der Waals surface area (Å²) < 4.78 is 79.8. The van der Waals surface area contributed by atoms with Gasteiger partial charge in [-0.1, -0.05) is 36.4 Å². The second kappa shape index (κ2) is 9.14. The highest BCUT2D eigenvalue weighted by atomic mass is 32.2. The van der Waals surface area contributed by atoms with Gasteiger partial charge in [0.25, 0.3) is 0 Å². The average Bonchev–Trinajstić information content (AvgIpc) is 3.23. The molecule has 0 aliphatic carbocycles. The lowest BCUT2D eigenvalue weighted by Gasteiger charge is -2.34. The molecule has 4 rings (SSSR count). The van der Waals surface area contributed by atoms with Crippen LogP contribution in [0.4, 0.5) is 23.2 Å². The first-order chi connectivity index (χ1) is 15.6. The summed E-state index contributed by atoms with van der Waals surface area (Å²) >= 11 is 0. The molecule has 2 aromatic carbocycles. The van der Waals surface area contributed by atoms with Crippen LogP contribution in [0.2, 0.25) is 0 Å². The molecule has 0 fully saturated rings. The molecular formula is C22H22F4N4O2S. The summed E-state index contributed by atoms with van der Waals surface area (Å²) in [5.74, 6) is -0.558. The minimum Gasteiger partial charge on any atom is -0.361 e. The predicted octanol–water partition coefficient (Wildman–Crippen LogP) is 4.22. The maximum absolute atomic E-state index is 14.2. The van der Waals surface area contributed by atoms with Gasteiger partial charge in [0.2, 0.25) is 0 Å². The number of imidazole rings is 1. The van der Waals surface area contributed by atoms with Gasteiger partial charge >= 0.3 is 15.5 Å². The van der Waals surface area contributed by atoms with Crippen molar-refractivity contribution in [3.63, 3.8) is 0 Å². The Morgan fingerprint density at radius 2 is 1.88 bits per heavy atom. The lowest BCUT2D eigenvalue weighted by Crippen LogP contribution is -2.47. The molecule has 6 nitrogen and oxygen atoms in total. The van der Waals surface area contributed by atoms with E-state index in [9.17, 15) is 26.0 Å². The minimum atomic E-state index is -5.58. The molecule has 3 aromatic rings. The molecule has 0 saturated carbocycles. The van der Waals surface area contributed by atoms with E-state index in [1.165, 1.54) is 18.5 Å². The fraction of sp³-hybridized carbons (Fsp3) is 0.318. The third-order valence-electron chi connectivity index (χ3n) is 5.70. The van der Waals surface area contributed by atoms with Crippen LogP contribution in [-0.2, 0) is 29.5 Å². The Bertz CT molecular complexity index is 1180. The average molecular weight is 483 g/mol. The normalized spacial score (nSPS) is 17.6. The molecule has 0 amide bonds. The van der Waals surface area contributed by atoms with E-state index >= 15 is 0 Å². The number of aromatic amines is 1. The van der Waals surface area contributed by atoms with E-state index in [2.05, 4.69) is 9.97 Å². The Morgan fingerprint density at radius 3 is 2.55 bits per heavy atom. The molecule has 0 saturated heterocycles. The van der Waals surface area contributed by atoms with Crippen LogP contribution in [0.5, 0.6) is 0 Å². The van der Waals surface area contributed by atoms with Crippen molar-refractivity contribution < 1.29 is 26.0 Å². The van der Waals surface area contributed by atoms with Crippen molar-refractivity contribution in [3.05, 3.63) is 83.7 Å². The molecule has 0 bridgehead atoms. The molecule has 33 heavy (non-hydrogen) atoms. The number of halogens is 4. The van der Waals surface area contributed by atoms with Crippen molar-refractivity contribution in [2.45, 2.75) is 37.5 Å². The Kier molecular flexibility index (Phi) is 6.44. The SMILES string of the molecule is O=S(=O)(N1Cc2ccc(F)cc2N(Cc2cnc[nH]2)[C@H](CCc2ccccc2)C1)C(F)(F)F. The van der Waals surface area contributed by atoms with Gasteiger partial charge in [0, 0.05) is 31.0 Å². The number of nitrogens with zero attached hydrogens (tertiary/aromatic N) is 3. The van der Waals surface area contributed by atoms with E-state index in [1.54, 1.807) is 11.1 Å². The molecular weight excluding hydrogens is 460 g/mol. The van der Waals surface area contributed by atoms with Gasteiger partial charge in [-0.3, -0.25) is 0 Å². The van der Waals surface area contributed by atoms with Crippen molar-refractivity contribution in [2.75, 3.05) is 11.4 Å².